The number of aliphatic hydroxyl groups is 1. The lowest BCUT2D eigenvalue weighted by Crippen LogP contribution is -2.41. The SMILES string of the molecule is O=C(CCc1ccco1)NCC1(CO)CCCCC1. The fourth-order valence-corrected chi connectivity index (χ4v) is 2.76. The molecule has 1 aliphatic rings. The van der Waals surface area contributed by atoms with Gasteiger partial charge >= 0.3 is 0 Å². The van der Waals surface area contributed by atoms with Crippen LogP contribution in [0.3, 0.4) is 0 Å². The summed E-state index contributed by atoms with van der Waals surface area (Å²) in [6.07, 6.45) is 8.28. The Hall–Kier alpha value is -1.29. The summed E-state index contributed by atoms with van der Waals surface area (Å²) >= 11 is 0. The highest BCUT2D eigenvalue weighted by atomic mass is 16.3. The fraction of sp³-hybridized carbons (Fsp3) is 0.667. The Labute approximate surface area is 114 Å². The number of carbonyl (C=O) groups is 1. The molecule has 19 heavy (non-hydrogen) atoms. The van der Waals surface area contributed by atoms with Gasteiger partial charge < -0.3 is 14.8 Å². The smallest absolute Gasteiger partial charge is 0.220 e. The number of furan rings is 1. The maximum Gasteiger partial charge on any atom is 0.220 e. The summed E-state index contributed by atoms with van der Waals surface area (Å²) in [5, 5.41) is 12.5. The second kappa shape index (κ2) is 6.75. The van der Waals surface area contributed by atoms with Gasteiger partial charge in [-0.15, -0.1) is 0 Å². The maximum absolute atomic E-state index is 11.8. The Balaban J connectivity index is 1.72. The van der Waals surface area contributed by atoms with Gasteiger partial charge in [0.2, 0.25) is 5.91 Å². The maximum atomic E-state index is 11.8. The molecule has 1 saturated carbocycles. The number of carbonyl (C=O) groups excluding carboxylic acids is 1. The van der Waals surface area contributed by atoms with Gasteiger partial charge in [-0.2, -0.15) is 0 Å². The molecule has 1 fully saturated rings. The van der Waals surface area contributed by atoms with Gasteiger partial charge in [0.1, 0.15) is 5.76 Å². The van der Waals surface area contributed by atoms with Gasteiger partial charge in [0.15, 0.2) is 0 Å². The van der Waals surface area contributed by atoms with E-state index in [4.69, 9.17) is 4.42 Å². The van der Waals surface area contributed by atoms with E-state index in [2.05, 4.69) is 5.32 Å². The third-order valence-corrected chi connectivity index (χ3v) is 4.09. The molecule has 0 unspecified atom stereocenters. The molecule has 1 heterocycles. The van der Waals surface area contributed by atoms with Gasteiger partial charge in [0, 0.05) is 24.8 Å². The van der Waals surface area contributed by atoms with Crippen molar-refractivity contribution in [1.29, 1.82) is 0 Å². The number of hydrogen-bond donors (Lipinski definition) is 2. The van der Waals surface area contributed by atoms with Crippen molar-refractivity contribution in [2.24, 2.45) is 5.41 Å². The van der Waals surface area contributed by atoms with Crippen LogP contribution in [0, 0.1) is 5.41 Å². The van der Waals surface area contributed by atoms with Crippen LogP contribution in [0.4, 0.5) is 0 Å². The summed E-state index contributed by atoms with van der Waals surface area (Å²) in [7, 11) is 0. The zero-order chi connectivity index (χ0) is 13.6. The van der Waals surface area contributed by atoms with Gasteiger partial charge in [-0.3, -0.25) is 4.79 Å². The minimum absolute atomic E-state index is 0.0369. The first-order valence-corrected chi connectivity index (χ1v) is 7.14. The van der Waals surface area contributed by atoms with Crippen LogP contribution in [0.2, 0.25) is 0 Å². The fourth-order valence-electron chi connectivity index (χ4n) is 2.76. The molecule has 0 saturated heterocycles. The third-order valence-electron chi connectivity index (χ3n) is 4.09. The Morgan fingerprint density at radius 3 is 2.79 bits per heavy atom. The molecule has 1 aliphatic carbocycles. The van der Waals surface area contributed by atoms with Gasteiger partial charge in [0.25, 0.3) is 0 Å². The van der Waals surface area contributed by atoms with Crippen LogP contribution >= 0.6 is 0 Å². The van der Waals surface area contributed by atoms with Gasteiger partial charge in [-0.05, 0) is 25.0 Å². The lowest BCUT2D eigenvalue weighted by Gasteiger charge is -2.35. The zero-order valence-corrected chi connectivity index (χ0v) is 11.4. The summed E-state index contributed by atoms with van der Waals surface area (Å²) in [4.78, 5) is 11.8. The van der Waals surface area contributed by atoms with Crippen LogP contribution < -0.4 is 5.32 Å². The largest absolute Gasteiger partial charge is 0.469 e. The van der Waals surface area contributed by atoms with Crippen LogP contribution in [0.15, 0.2) is 22.8 Å². The monoisotopic (exact) mass is 265 g/mol. The first kappa shape index (κ1) is 14.1. The Morgan fingerprint density at radius 2 is 2.16 bits per heavy atom. The average Bonchev–Trinajstić information content (AvgIpc) is 2.97. The first-order valence-electron chi connectivity index (χ1n) is 7.14. The molecule has 0 spiro atoms. The van der Waals surface area contributed by atoms with Crippen molar-refractivity contribution in [1.82, 2.24) is 5.32 Å². The number of nitrogens with one attached hydrogen (secondary N) is 1. The van der Waals surface area contributed by atoms with E-state index in [1.165, 1.54) is 6.42 Å². The van der Waals surface area contributed by atoms with Crippen molar-refractivity contribution < 1.29 is 14.3 Å². The van der Waals surface area contributed by atoms with E-state index >= 15 is 0 Å². The summed E-state index contributed by atoms with van der Waals surface area (Å²) < 4.78 is 5.20. The predicted molar refractivity (Wildman–Crippen MR) is 72.6 cm³/mol. The predicted octanol–water partition coefficient (Wildman–Crippen LogP) is 2.27. The van der Waals surface area contributed by atoms with E-state index in [9.17, 15) is 9.90 Å². The molecule has 2 N–H and O–H groups in total. The number of aryl methyl sites for hydroxylation is 1. The molecular weight excluding hydrogens is 242 g/mol. The number of aliphatic hydroxyl groups excluding tert-OH is 1. The van der Waals surface area contributed by atoms with Crippen molar-refractivity contribution in [2.45, 2.75) is 44.9 Å². The van der Waals surface area contributed by atoms with Crippen molar-refractivity contribution in [2.75, 3.05) is 13.2 Å². The van der Waals surface area contributed by atoms with Gasteiger partial charge in [-0.25, -0.2) is 0 Å². The molecule has 0 atom stereocenters. The van der Waals surface area contributed by atoms with E-state index in [0.29, 0.717) is 19.4 Å². The summed E-state index contributed by atoms with van der Waals surface area (Å²) in [6.45, 7) is 0.770. The van der Waals surface area contributed by atoms with E-state index in [0.717, 1.165) is 31.4 Å². The molecule has 106 valence electrons. The highest BCUT2D eigenvalue weighted by molar-refractivity contribution is 5.76. The normalized spacial score (nSPS) is 18.2. The highest BCUT2D eigenvalue weighted by Crippen LogP contribution is 2.35. The Kier molecular flexibility index (Phi) is 5.02. The lowest BCUT2D eigenvalue weighted by atomic mass is 9.74. The third kappa shape index (κ3) is 4.10. The van der Waals surface area contributed by atoms with Crippen LogP contribution in [-0.4, -0.2) is 24.2 Å². The van der Waals surface area contributed by atoms with Gasteiger partial charge in [0.05, 0.1) is 12.9 Å². The molecule has 1 aromatic rings. The molecule has 1 amide bonds. The van der Waals surface area contributed by atoms with Crippen LogP contribution in [-0.2, 0) is 11.2 Å². The summed E-state index contributed by atoms with van der Waals surface area (Å²) in [6, 6.07) is 3.71. The van der Waals surface area contributed by atoms with E-state index < -0.39 is 0 Å². The zero-order valence-electron chi connectivity index (χ0n) is 11.4. The van der Waals surface area contributed by atoms with Crippen molar-refractivity contribution in [3.05, 3.63) is 24.2 Å². The van der Waals surface area contributed by atoms with Crippen LogP contribution in [0.1, 0.15) is 44.3 Å². The highest BCUT2D eigenvalue weighted by Gasteiger charge is 2.31. The average molecular weight is 265 g/mol. The van der Waals surface area contributed by atoms with Gasteiger partial charge in [-0.1, -0.05) is 19.3 Å². The number of rotatable bonds is 6. The minimum atomic E-state index is -0.0847. The van der Waals surface area contributed by atoms with Crippen molar-refractivity contribution in [3.8, 4) is 0 Å². The molecule has 0 aliphatic heterocycles. The molecule has 0 radical (unpaired) electrons. The number of hydrogen-bond acceptors (Lipinski definition) is 3. The summed E-state index contributed by atoms with van der Waals surface area (Å²) in [5.41, 5.74) is -0.0847. The molecular formula is C15H23NO3. The Morgan fingerprint density at radius 1 is 1.37 bits per heavy atom. The topological polar surface area (TPSA) is 62.5 Å². The van der Waals surface area contributed by atoms with Crippen molar-refractivity contribution >= 4 is 5.91 Å². The first-order chi connectivity index (χ1) is 9.24. The molecule has 0 aromatic carbocycles. The van der Waals surface area contributed by atoms with Crippen LogP contribution in [0.25, 0.3) is 0 Å². The number of amides is 1. The molecule has 1 aromatic heterocycles. The van der Waals surface area contributed by atoms with E-state index in [1.54, 1.807) is 6.26 Å². The standard InChI is InChI=1S/C15H23NO3/c17-12-15(8-2-1-3-9-15)11-16-14(18)7-6-13-5-4-10-19-13/h4-5,10,17H,1-3,6-9,11-12H2,(H,16,18). The minimum Gasteiger partial charge on any atom is -0.469 e. The quantitative estimate of drug-likeness (QED) is 0.829. The van der Waals surface area contributed by atoms with E-state index in [-0.39, 0.29) is 17.9 Å². The molecule has 2 rings (SSSR count). The molecule has 4 nitrogen and oxygen atoms in total. The second-order valence-electron chi connectivity index (χ2n) is 5.57. The lowest BCUT2D eigenvalue weighted by molar-refractivity contribution is -0.122. The second-order valence-corrected chi connectivity index (χ2v) is 5.57. The van der Waals surface area contributed by atoms with Crippen molar-refractivity contribution in [3.63, 3.8) is 0 Å². The van der Waals surface area contributed by atoms with Crippen LogP contribution in [0.5, 0.6) is 0 Å². The molecule has 4 heteroatoms. The molecule has 0 bridgehead atoms. The van der Waals surface area contributed by atoms with E-state index in [1.807, 2.05) is 12.1 Å². The Bertz CT molecular complexity index is 380. The summed E-state index contributed by atoms with van der Waals surface area (Å²) in [5.74, 6) is 0.875.